The SMILES string of the molecule is CNC(=O)c1cccc(NC(=O)C2(n3cccn3)CCNCC2)c1C. The van der Waals surface area contributed by atoms with Crippen molar-refractivity contribution in [3.63, 3.8) is 0 Å². The van der Waals surface area contributed by atoms with E-state index >= 15 is 0 Å². The van der Waals surface area contributed by atoms with Gasteiger partial charge in [0.25, 0.3) is 11.8 Å². The summed E-state index contributed by atoms with van der Waals surface area (Å²) in [6.45, 7) is 3.35. The molecule has 0 bridgehead atoms. The standard InChI is InChI=1S/C18H23N5O2/c1-13-14(16(24)19-2)5-3-6-15(13)22-17(25)18(7-10-20-11-8-18)23-12-4-9-21-23/h3-6,9,12,20H,7-8,10-11H2,1-2H3,(H,19,24)(H,22,25). The fraction of sp³-hybridized carbons (Fsp3) is 0.389. The van der Waals surface area contributed by atoms with Gasteiger partial charge in [0.05, 0.1) is 0 Å². The zero-order valence-electron chi connectivity index (χ0n) is 14.5. The second-order valence-electron chi connectivity index (χ2n) is 6.24. The Kier molecular flexibility index (Phi) is 4.85. The van der Waals surface area contributed by atoms with Crippen LogP contribution in [0.15, 0.2) is 36.7 Å². The Bertz CT molecular complexity index is 764. The molecule has 132 valence electrons. The molecule has 0 unspecified atom stereocenters. The Balaban J connectivity index is 1.91. The molecule has 3 N–H and O–H groups in total. The maximum Gasteiger partial charge on any atom is 0.252 e. The molecule has 2 heterocycles. The quantitative estimate of drug-likeness (QED) is 0.781. The van der Waals surface area contributed by atoms with E-state index in [1.54, 1.807) is 30.1 Å². The summed E-state index contributed by atoms with van der Waals surface area (Å²) in [5.74, 6) is -0.271. The molecule has 0 atom stereocenters. The van der Waals surface area contributed by atoms with Gasteiger partial charge in [0.2, 0.25) is 0 Å². The van der Waals surface area contributed by atoms with E-state index in [1.165, 1.54) is 0 Å². The van der Waals surface area contributed by atoms with Crippen molar-refractivity contribution in [1.29, 1.82) is 0 Å². The molecule has 1 aromatic carbocycles. The number of carbonyl (C=O) groups is 2. The number of carbonyl (C=O) groups excluding carboxylic acids is 2. The first kappa shape index (κ1) is 17.2. The van der Waals surface area contributed by atoms with Gasteiger partial charge in [0.15, 0.2) is 0 Å². The molecular formula is C18H23N5O2. The Labute approximate surface area is 146 Å². The molecular weight excluding hydrogens is 318 g/mol. The monoisotopic (exact) mass is 341 g/mol. The molecule has 2 amide bonds. The number of nitrogens with zero attached hydrogens (tertiary/aromatic N) is 2. The number of nitrogens with one attached hydrogen (secondary N) is 3. The molecule has 1 aliphatic rings. The van der Waals surface area contributed by atoms with Crippen molar-refractivity contribution in [2.75, 3.05) is 25.5 Å². The minimum absolute atomic E-state index is 0.102. The lowest BCUT2D eigenvalue weighted by atomic mass is 9.87. The Morgan fingerprint density at radius 2 is 2.00 bits per heavy atom. The van der Waals surface area contributed by atoms with Gasteiger partial charge in [-0.1, -0.05) is 6.07 Å². The highest BCUT2D eigenvalue weighted by atomic mass is 16.2. The summed E-state index contributed by atoms with van der Waals surface area (Å²) in [6.07, 6.45) is 4.84. The van der Waals surface area contributed by atoms with E-state index in [0.717, 1.165) is 18.7 Å². The highest BCUT2D eigenvalue weighted by Gasteiger charge is 2.42. The molecule has 1 aromatic heterocycles. The predicted octanol–water partition coefficient (Wildman–Crippen LogP) is 1.27. The normalized spacial score (nSPS) is 16.2. The van der Waals surface area contributed by atoms with Crippen molar-refractivity contribution < 1.29 is 9.59 Å². The average molecular weight is 341 g/mol. The zero-order chi connectivity index (χ0) is 17.9. The summed E-state index contributed by atoms with van der Waals surface area (Å²) in [6, 6.07) is 7.17. The van der Waals surface area contributed by atoms with E-state index in [4.69, 9.17) is 0 Å². The van der Waals surface area contributed by atoms with Crippen molar-refractivity contribution in [1.82, 2.24) is 20.4 Å². The fourth-order valence-electron chi connectivity index (χ4n) is 3.31. The zero-order valence-corrected chi connectivity index (χ0v) is 14.5. The number of piperidine rings is 1. The van der Waals surface area contributed by atoms with Gasteiger partial charge in [0, 0.05) is 30.7 Å². The molecule has 7 heteroatoms. The van der Waals surface area contributed by atoms with E-state index in [-0.39, 0.29) is 11.8 Å². The molecule has 1 fully saturated rings. The first-order chi connectivity index (χ1) is 12.1. The lowest BCUT2D eigenvalue weighted by Gasteiger charge is -2.36. The number of hydrogen-bond donors (Lipinski definition) is 3. The first-order valence-electron chi connectivity index (χ1n) is 8.42. The van der Waals surface area contributed by atoms with Crippen LogP contribution in [-0.2, 0) is 10.3 Å². The molecule has 2 aromatic rings. The highest BCUT2D eigenvalue weighted by Crippen LogP contribution is 2.29. The molecule has 0 aliphatic carbocycles. The summed E-state index contributed by atoms with van der Waals surface area (Å²) in [7, 11) is 1.59. The largest absolute Gasteiger partial charge is 0.355 e. The topological polar surface area (TPSA) is 88.1 Å². The second kappa shape index (κ2) is 7.06. The van der Waals surface area contributed by atoms with E-state index in [1.807, 2.05) is 25.3 Å². The number of anilines is 1. The van der Waals surface area contributed by atoms with E-state index < -0.39 is 5.54 Å². The van der Waals surface area contributed by atoms with Crippen LogP contribution in [0.5, 0.6) is 0 Å². The number of hydrogen-bond acceptors (Lipinski definition) is 4. The van der Waals surface area contributed by atoms with Gasteiger partial charge in [-0.15, -0.1) is 0 Å². The molecule has 0 saturated carbocycles. The van der Waals surface area contributed by atoms with Crippen LogP contribution in [0.4, 0.5) is 5.69 Å². The van der Waals surface area contributed by atoms with Gasteiger partial charge in [-0.05, 0) is 56.6 Å². The van der Waals surface area contributed by atoms with Crippen molar-refractivity contribution in [3.05, 3.63) is 47.8 Å². The van der Waals surface area contributed by atoms with Crippen LogP contribution in [0, 0.1) is 6.92 Å². The smallest absolute Gasteiger partial charge is 0.252 e. The number of amides is 2. The van der Waals surface area contributed by atoms with Crippen LogP contribution < -0.4 is 16.0 Å². The fourth-order valence-corrected chi connectivity index (χ4v) is 3.31. The van der Waals surface area contributed by atoms with Crippen LogP contribution >= 0.6 is 0 Å². The van der Waals surface area contributed by atoms with Gasteiger partial charge >= 0.3 is 0 Å². The Morgan fingerprint density at radius 3 is 2.64 bits per heavy atom. The van der Waals surface area contributed by atoms with E-state index in [9.17, 15) is 9.59 Å². The van der Waals surface area contributed by atoms with Crippen molar-refractivity contribution in [3.8, 4) is 0 Å². The molecule has 1 aliphatic heterocycles. The predicted molar refractivity (Wildman–Crippen MR) is 95.5 cm³/mol. The third-order valence-electron chi connectivity index (χ3n) is 4.85. The highest BCUT2D eigenvalue weighted by molar-refractivity contribution is 6.01. The van der Waals surface area contributed by atoms with Crippen LogP contribution in [0.25, 0.3) is 0 Å². The van der Waals surface area contributed by atoms with Gasteiger partial charge in [-0.2, -0.15) is 5.10 Å². The number of benzene rings is 1. The first-order valence-corrected chi connectivity index (χ1v) is 8.42. The molecule has 25 heavy (non-hydrogen) atoms. The lowest BCUT2D eigenvalue weighted by Crippen LogP contribution is -2.52. The maximum atomic E-state index is 13.2. The van der Waals surface area contributed by atoms with Crippen molar-refractivity contribution in [2.45, 2.75) is 25.3 Å². The lowest BCUT2D eigenvalue weighted by molar-refractivity contribution is -0.126. The third kappa shape index (κ3) is 3.15. The molecule has 0 spiro atoms. The molecule has 1 saturated heterocycles. The van der Waals surface area contributed by atoms with Crippen molar-refractivity contribution in [2.24, 2.45) is 0 Å². The van der Waals surface area contributed by atoms with Crippen molar-refractivity contribution >= 4 is 17.5 Å². The number of rotatable bonds is 4. The van der Waals surface area contributed by atoms with E-state index in [0.29, 0.717) is 24.1 Å². The van der Waals surface area contributed by atoms with Crippen LogP contribution in [-0.4, -0.2) is 41.7 Å². The van der Waals surface area contributed by atoms with Gasteiger partial charge in [-0.3, -0.25) is 14.3 Å². The molecule has 0 radical (unpaired) electrons. The summed E-state index contributed by atoms with van der Waals surface area (Å²) in [5, 5.41) is 13.3. The minimum Gasteiger partial charge on any atom is -0.355 e. The minimum atomic E-state index is -0.718. The van der Waals surface area contributed by atoms with Crippen LogP contribution in [0.2, 0.25) is 0 Å². The second-order valence-corrected chi connectivity index (χ2v) is 6.24. The third-order valence-corrected chi connectivity index (χ3v) is 4.85. The van der Waals surface area contributed by atoms with Crippen LogP contribution in [0.1, 0.15) is 28.8 Å². The van der Waals surface area contributed by atoms with E-state index in [2.05, 4.69) is 21.0 Å². The van der Waals surface area contributed by atoms with Gasteiger partial charge in [-0.25, -0.2) is 0 Å². The average Bonchev–Trinajstić information content (AvgIpc) is 3.18. The van der Waals surface area contributed by atoms with Gasteiger partial charge in [0.1, 0.15) is 5.54 Å². The summed E-state index contributed by atoms with van der Waals surface area (Å²) in [4.78, 5) is 25.2. The summed E-state index contributed by atoms with van der Waals surface area (Å²) >= 11 is 0. The Hall–Kier alpha value is -2.67. The molecule has 7 nitrogen and oxygen atoms in total. The van der Waals surface area contributed by atoms with Crippen LogP contribution in [0.3, 0.4) is 0 Å². The summed E-state index contributed by atoms with van der Waals surface area (Å²) in [5.41, 5.74) is 1.24. The van der Waals surface area contributed by atoms with Gasteiger partial charge < -0.3 is 16.0 Å². The maximum absolute atomic E-state index is 13.2. The summed E-state index contributed by atoms with van der Waals surface area (Å²) < 4.78 is 1.75. The molecule has 3 rings (SSSR count). The number of aromatic nitrogens is 2. The Morgan fingerprint density at radius 1 is 1.24 bits per heavy atom.